The summed E-state index contributed by atoms with van der Waals surface area (Å²) in [6.45, 7) is 3.81. The Morgan fingerprint density at radius 3 is 3.10 bits per heavy atom. The second-order valence-corrected chi connectivity index (χ2v) is 6.48. The summed E-state index contributed by atoms with van der Waals surface area (Å²) in [5.74, 6) is 1.40. The molecule has 4 heteroatoms. The average Bonchev–Trinajstić information content (AvgIpc) is 2.46. The molecule has 0 bridgehead atoms. The fraction of sp³-hybridized carbons (Fsp3) is 0.688. The lowest BCUT2D eigenvalue weighted by Gasteiger charge is -2.47. The molecular weight excluding hydrogens is 250 g/mol. The van der Waals surface area contributed by atoms with Crippen molar-refractivity contribution in [1.82, 2.24) is 4.98 Å². The average molecular weight is 275 g/mol. The summed E-state index contributed by atoms with van der Waals surface area (Å²) in [6.07, 6.45) is 7.23. The molecule has 3 rings (SSSR count). The van der Waals surface area contributed by atoms with Gasteiger partial charge in [-0.25, -0.2) is 4.98 Å². The van der Waals surface area contributed by atoms with E-state index in [9.17, 15) is 5.11 Å². The molecule has 0 spiro atoms. The second-order valence-electron chi connectivity index (χ2n) is 6.48. The highest BCUT2D eigenvalue weighted by Gasteiger charge is 2.42. The monoisotopic (exact) mass is 275 g/mol. The third-order valence-corrected chi connectivity index (χ3v) is 5.05. The summed E-state index contributed by atoms with van der Waals surface area (Å²) in [7, 11) is 0. The van der Waals surface area contributed by atoms with Gasteiger partial charge in [-0.2, -0.15) is 0 Å². The summed E-state index contributed by atoms with van der Waals surface area (Å²) in [4.78, 5) is 6.81. The smallest absolute Gasteiger partial charge is 0.128 e. The number of hydrogen-bond donors (Lipinski definition) is 2. The molecule has 1 aliphatic heterocycles. The van der Waals surface area contributed by atoms with Crippen LogP contribution in [0.25, 0.3) is 0 Å². The zero-order chi connectivity index (χ0) is 14.2. The number of rotatable bonds is 2. The van der Waals surface area contributed by atoms with Crippen molar-refractivity contribution in [2.45, 2.75) is 50.7 Å². The maximum absolute atomic E-state index is 10.7. The van der Waals surface area contributed by atoms with Gasteiger partial charge in [0, 0.05) is 31.2 Å². The van der Waals surface area contributed by atoms with E-state index in [1.807, 2.05) is 19.2 Å². The molecule has 2 unspecified atom stereocenters. The van der Waals surface area contributed by atoms with Gasteiger partial charge in [0.1, 0.15) is 5.82 Å². The van der Waals surface area contributed by atoms with Crippen LogP contribution in [0.2, 0.25) is 0 Å². The molecule has 110 valence electrons. The fourth-order valence-electron chi connectivity index (χ4n) is 3.67. The van der Waals surface area contributed by atoms with Crippen molar-refractivity contribution in [3.63, 3.8) is 0 Å². The Hall–Kier alpha value is -1.13. The van der Waals surface area contributed by atoms with Gasteiger partial charge in [0.2, 0.25) is 0 Å². The van der Waals surface area contributed by atoms with Crippen LogP contribution in [0, 0.1) is 5.92 Å². The molecule has 20 heavy (non-hydrogen) atoms. The molecule has 2 aliphatic rings. The molecule has 3 atom stereocenters. The fourth-order valence-corrected chi connectivity index (χ4v) is 3.67. The van der Waals surface area contributed by atoms with Crippen molar-refractivity contribution in [2.24, 2.45) is 11.7 Å². The van der Waals surface area contributed by atoms with Crippen molar-refractivity contribution in [1.29, 1.82) is 0 Å². The van der Waals surface area contributed by atoms with E-state index in [-0.39, 0.29) is 6.04 Å². The van der Waals surface area contributed by atoms with Crippen molar-refractivity contribution in [3.8, 4) is 0 Å². The summed E-state index contributed by atoms with van der Waals surface area (Å²) in [6, 6.07) is 4.11. The summed E-state index contributed by atoms with van der Waals surface area (Å²) in [5.41, 5.74) is 6.65. The first-order chi connectivity index (χ1) is 9.58. The van der Waals surface area contributed by atoms with E-state index in [0.29, 0.717) is 5.92 Å². The van der Waals surface area contributed by atoms with E-state index in [2.05, 4.69) is 16.0 Å². The molecule has 3 N–H and O–H groups in total. The highest BCUT2D eigenvalue weighted by atomic mass is 16.3. The predicted octanol–water partition coefficient (Wildman–Crippen LogP) is 2.23. The van der Waals surface area contributed by atoms with Crippen molar-refractivity contribution < 1.29 is 5.11 Å². The summed E-state index contributed by atoms with van der Waals surface area (Å²) in [5, 5.41) is 10.7. The molecule has 1 saturated carbocycles. The summed E-state index contributed by atoms with van der Waals surface area (Å²) < 4.78 is 0. The molecule has 4 nitrogen and oxygen atoms in total. The number of aromatic nitrogens is 1. The molecule has 2 heterocycles. The normalized spacial score (nSPS) is 31.8. The minimum atomic E-state index is -0.423. The number of nitrogens with zero attached hydrogens (tertiary/aromatic N) is 2. The predicted molar refractivity (Wildman–Crippen MR) is 80.6 cm³/mol. The maximum atomic E-state index is 10.7. The lowest BCUT2D eigenvalue weighted by Crippen LogP contribution is -2.53. The number of anilines is 1. The van der Waals surface area contributed by atoms with E-state index in [4.69, 9.17) is 5.73 Å². The van der Waals surface area contributed by atoms with Gasteiger partial charge in [0.05, 0.1) is 5.60 Å². The van der Waals surface area contributed by atoms with Crippen LogP contribution >= 0.6 is 0 Å². The third-order valence-electron chi connectivity index (χ3n) is 5.05. The Morgan fingerprint density at radius 1 is 1.45 bits per heavy atom. The van der Waals surface area contributed by atoms with Crippen LogP contribution in [0.1, 0.15) is 50.6 Å². The van der Waals surface area contributed by atoms with Gasteiger partial charge in [-0.3, -0.25) is 0 Å². The number of nitrogens with two attached hydrogens (primary N) is 1. The standard InChI is InChI=1S/C16H25N3O/c1-12(17)13-5-8-18-15(10-13)19-9-7-16(20)6-3-2-4-14(16)11-19/h5,8,10,12,14,20H,2-4,6-7,9,11,17H2,1H3/t12-,14?,16?/m1/s1. The minimum absolute atomic E-state index is 0.0353. The first kappa shape index (κ1) is 13.8. The summed E-state index contributed by atoms with van der Waals surface area (Å²) >= 11 is 0. The minimum Gasteiger partial charge on any atom is -0.389 e. The van der Waals surface area contributed by atoms with Crippen molar-refractivity contribution >= 4 is 5.82 Å². The molecule has 2 fully saturated rings. The van der Waals surface area contributed by atoms with E-state index >= 15 is 0 Å². The van der Waals surface area contributed by atoms with Gasteiger partial charge in [0.25, 0.3) is 0 Å². The molecule has 1 aliphatic carbocycles. The van der Waals surface area contributed by atoms with E-state index in [1.54, 1.807) is 0 Å². The van der Waals surface area contributed by atoms with Gasteiger partial charge < -0.3 is 15.7 Å². The van der Waals surface area contributed by atoms with Crippen LogP contribution in [0.5, 0.6) is 0 Å². The zero-order valence-electron chi connectivity index (χ0n) is 12.3. The van der Waals surface area contributed by atoms with Crippen LogP contribution in [-0.2, 0) is 0 Å². The Labute approximate surface area is 121 Å². The van der Waals surface area contributed by atoms with E-state index < -0.39 is 5.60 Å². The molecule has 1 saturated heterocycles. The first-order valence-corrected chi connectivity index (χ1v) is 7.77. The van der Waals surface area contributed by atoms with Gasteiger partial charge in [-0.1, -0.05) is 12.8 Å². The quantitative estimate of drug-likeness (QED) is 0.869. The van der Waals surface area contributed by atoms with Crippen LogP contribution in [0.15, 0.2) is 18.3 Å². The van der Waals surface area contributed by atoms with Crippen LogP contribution in [-0.4, -0.2) is 28.8 Å². The molecular formula is C16H25N3O. The largest absolute Gasteiger partial charge is 0.389 e. The first-order valence-electron chi connectivity index (χ1n) is 7.77. The SMILES string of the molecule is C[C@@H](N)c1ccnc(N2CCC3(O)CCCCC3C2)c1. The molecule has 1 aromatic heterocycles. The maximum Gasteiger partial charge on any atom is 0.128 e. The Morgan fingerprint density at radius 2 is 2.30 bits per heavy atom. The van der Waals surface area contributed by atoms with Crippen molar-refractivity contribution in [2.75, 3.05) is 18.0 Å². The molecule has 0 aromatic carbocycles. The second kappa shape index (κ2) is 5.34. The number of aliphatic hydroxyl groups is 1. The Kier molecular flexibility index (Phi) is 3.69. The molecule has 1 aromatic rings. The highest BCUT2D eigenvalue weighted by Crippen LogP contribution is 2.40. The lowest BCUT2D eigenvalue weighted by atomic mass is 9.71. The molecule has 0 radical (unpaired) electrons. The van der Waals surface area contributed by atoms with Crippen LogP contribution in [0.3, 0.4) is 0 Å². The molecule has 0 amide bonds. The number of fused-ring (bicyclic) bond motifs is 1. The van der Waals surface area contributed by atoms with Gasteiger partial charge in [0.15, 0.2) is 0 Å². The van der Waals surface area contributed by atoms with Crippen molar-refractivity contribution in [3.05, 3.63) is 23.9 Å². The number of piperidine rings is 1. The van der Waals surface area contributed by atoms with E-state index in [1.165, 1.54) is 12.8 Å². The topological polar surface area (TPSA) is 62.4 Å². The number of hydrogen-bond acceptors (Lipinski definition) is 4. The van der Waals surface area contributed by atoms with Crippen LogP contribution in [0.4, 0.5) is 5.82 Å². The Bertz CT molecular complexity index is 477. The zero-order valence-corrected chi connectivity index (χ0v) is 12.3. The highest BCUT2D eigenvalue weighted by molar-refractivity contribution is 5.42. The lowest BCUT2D eigenvalue weighted by molar-refractivity contribution is -0.0613. The van der Waals surface area contributed by atoms with Gasteiger partial charge in [-0.05, 0) is 43.9 Å². The van der Waals surface area contributed by atoms with Gasteiger partial charge >= 0.3 is 0 Å². The van der Waals surface area contributed by atoms with E-state index in [0.717, 1.165) is 43.7 Å². The van der Waals surface area contributed by atoms with Gasteiger partial charge in [-0.15, -0.1) is 0 Å². The number of pyridine rings is 1. The Balaban J connectivity index is 1.77. The third kappa shape index (κ3) is 2.54. The van der Waals surface area contributed by atoms with Crippen LogP contribution < -0.4 is 10.6 Å².